The summed E-state index contributed by atoms with van der Waals surface area (Å²) >= 11 is 0. The van der Waals surface area contributed by atoms with Gasteiger partial charge >= 0.3 is 5.97 Å². The third-order valence-electron chi connectivity index (χ3n) is 5.86. The molecular formula is C20H26N2O5. The van der Waals surface area contributed by atoms with Gasteiger partial charge in [-0.2, -0.15) is 0 Å². The Kier molecular flexibility index (Phi) is 5.39. The van der Waals surface area contributed by atoms with Gasteiger partial charge in [0, 0.05) is 26.6 Å². The molecule has 0 saturated carbocycles. The molecule has 146 valence electrons. The van der Waals surface area contributed by atoms with Crippen molar-refractivity contribution in [3.05, 3.63) is 29.8 Å². The Morgan fingerprint density at radius 2 is 1.96 bits per heavy atom. The van der Waals surface area contributed by atoms with Crippen molar-refractivity contribution in [1.82, 2.24) is 9.80 Å². The van der Waals surface area contributed by atoms with Gasteiger partial charge in [-0.15, -0.1) is 0 Å². The maximum absolute atomic E-state index is 12.6. The number of carbonyl (C=O) groups is 3. The molecule has 0 aromatic heterocycles. The van der Waals surface area contributed by atoms with E-state index in [0.717, 1.165) is 24.2 Å². The summed E-state index contributed by atoms with van der Waals surface area (Å²) in [5, 5.41) is 9.42. The van der Waals surface area contributed by atoms with Crippen molar-refractivity contribution in [2.45, 2.75) is 38.6 Å². The van der Waals surface area contributed by atoms with Crippen LogP contribution in [0.2, 0.25) is 0 Å². The van der Waals surface area contributed by atoms with Crippen LogP contribution in [0.3, 0.4) is 0 Å². The lowest BCUT2D eigenvalue weighted by Crippen LogP contribution is -2.45. The van der Waals surface area contributed by atoms with E-state index in [0.29, 0.717) is 32.5 Å². The molecule has 3 rings (SSSR count). The van der Waals surface area contributed by atoms with E-state index in [2.05, 4.69) is 0 Å². The first-order valence-electron chi connectivity index (χ1n) is 9.24. The lowest BCUT2D eigenvalue weighted by Gasteiger charge is -2.39. The van der Waals surface area contributed by atoms with Gasteiger partial charge in [-0.25, -0.2) is 4.79 Å². The molecule has 2 fully saturated rings. The highest BCUT2D eigenvalue weighted by atomic mass is 16.5. The van der Waals surface area contributed by atoms with E-state index in [-0.39, 0.29) is 17.2 Å². The van der Waals surface area contributed by atoms with Crippen LogP contribution in [0.1, 0.15) is 31.7 Å². The van der Waals surface area contributed by atoms with Gasteiger partial charge < -0.3 is 19.6 Å². The minimum atomic E-state index is -0.946. The van der Waals surface area contributed by atoms with E-state index in [9.17, 15) is 19.5 Å². The van der Waals surface area contributed by atoms with Crippen molar-refractivity contribution in [3.8, 4) is 5.75 Å². The van der Waals surface area contributed by atoms with E-state index in [1.165, 1.54) is 11.8 Å². The number of nitrogens with zero attached hydrogens (tertiary/aromatic N) is 2. The number of carboxylic acid groups (broad SMARTS) is 1. The predicted molar refractivity (Wildman–Crippen MR) is 98.4 cm³/mol. The number of hydrogen-bond acceptors (Lipinski definition) is 4. The third kappa shape index (κ3) is 4.07. The zero-order chi connectivity index (χ0) is 19.6. The zero-order valence-corrected chi connectivity index (χ0v) is 15.8. The maximum Gasteiger partial charge on any atom is 0.326 e. The van der Waals surface area contributed by atoms with Gasteiger partial charge in [-0.1, -0.05) is 12.1 Å². The molecular weight excluding hydrogens is 348 g/mol. The molecule has 0 bridgehead atoms. The third-order valence-corrected chi connectivity index (χ3v) is 5.86. The van der Waals surface area contributed by atoms with Gasteiger partial charge in [0.25, 0.3) is 0 Å². The molecule has 7 heteroatoms. The number of carbonyl (C=O) groups excluding carboxylic acids is 2. The number of hydrogen-bond donors (Lipinski definition) is 1. The second-order valence-electron chi connectivity index (χ2n) is 7.61. The molecule has 2 aliphatic heterocycles. The number of piperidine rings is 1. The molecule has 2 aliphatic rings. The molecule has 2 amide bonds. The molecule has 0 unspecified atom stereocenters. The summed E-state index contributed by atoms with van der Waals surface area (Å²) in [5.41, 5.74) is 0.718. The number of ether oxygens (including phenoxy) is 1. The minimum absolute atomic E-state index is 0.0642. The molecule has 2 heterocycles. The van der Waals surface area contributed by atoms with Gasteiger partial charge in [0.2, 0.25) is 11.8 Å². The first-order valence-corrected chi connectivity index (χ1v) is 9.24. The number of methoxy groups -OCH3 is 1. The molecule has 1 atom stereocenters. The number of amides is 2. The fraction of sp³-hybridized carbons (Fsp3) is 0.550. The average molecular weight is 374 g/mol. The van der Waals surface area contributed by atoms with Crippen molar-refractivity contribution in [1.29, 1.82) is 0 Å². The normalized spacial score (nSPS) is 21.3. The molecule has 1 N–H and O–H groups in total. The van der Waals surface area contributed by atoms with Gasteiger partial charge in [-0.05, 0) is 42.4 Å². The number of benzene rings is 1. The van der Waals surface area contributed by atoms with Crippen molar-refractivity contribution in [3.63, 3.8) is 0 Å². The lowest BCUT2D eigenvalue weighted by molar-refractivity contribution is -0.147. The molecule has 0 aliphatic carbocycles. The van der Waals surface area contributed by atoms with Crippen LogP contribution in [0.15, 0.2) is 24.3 Å². The Bertz CT molecular complexity index is 716. The quantitative estimate of drug-likeness (QED) is 0.864. The monoisotopic (exact) mass is 374 g/mol. The van der Waals surface area contributed by atoms with E-state index in [1.54, 1.807) is 7.11 Å². The lowest BCUT2D eigenvalue weighted by atomic mass is 9.76. The maximum atomic E-state index is 12.6. The fourth-order valence-corrected chi connectivity index (χ4v) is 4.27. The summed E-state index contributed by atoms with van der Waals surface area (Å²) in [6.07, 6.45) is 2.25. The number of rotatable bonds is 4. The summed E-state index contributed by atoms with van der Waals surface area (Å²) in [4.78, 5) is 39.3. The molecule has 7 nitrogen and oxygen atoms in total. The van der Waals surface area contributed by atoms with E-state index in [1.807, 2.05) is 29.2 Å². The summed E-state index contributed by atoms with van der Waals surface area (Å²) < 4.78 is 5.20. The van der Waals surface area contributed by atoms with Crippen LogP contribution in [-0.4, -0.2) is 65.5 Å². The average Bonchev–Trinajstić information content (AvgIpc) is 3.02. The Morgan fingerprint density at radius 1 is 1.26 bits per heavy atom. The highest BCUT2D eigenvalue weighted by Crippen LogP contribution is 2.43. The summed E-state index contributed by atoms with van der Waals surface area (Å²) in [6.45, 7) is 3.08. The zero-order valence-electron chi connectivity index (χ0n) is 15.8. The van der Waals surface area contributed by atoms with Crippen LogP contribution in [0, 0.1) is 5.41 Å². The number of carboxylic acids is 1. The first kappa shape index (κ1) is 19.2. The van der Waals surface area contributed by atoms with Crippen LogP contribution >= 0.6 is 0 Å². The molecule has 1 spiro atoms. The standard InChI is InChI=1S/C20H26N2O5/c1-14(23)22-13-20(12-17(22)19(25)26)6-8-21(9-7-20)18(24)11-15-4-3-5-16(10-15)27-2/h3-5,10,17H,6-9,11-13H2,1-2H3,(H,25,26)/t17-/m0/s1. The van der Waals surface area contributed by atoms with Crippen LogP contribution in [0.4, 0.5) is 0 Å². The Hall–Kier alpha value is -2.57. The van der Waals surface area contributed by atoms with Gasteiger partial charge in [0.1, 0.15) is 11.8 Å². The second-order valence-corrected chi connectivity index (χ2v) is 7.61. The molecule has 27 heavy (non-hydrogen) atoms. The largest absolute Gasteiger partial charge is 0.497 e. The summed E-state index contributed by atoms with van der Waals surface area (Å²) in [5.74, 6) is -0.350. The van der Waals surface area contributed by atoms with Crippen molar-refractivity contribution >= 4 is 17.8 Å². The topological polar surface area (TPSA) is 87.2 Å². The SMILES string of the molecule is COc1cccc(CC(=O)N2CCC3(CC2)C[C@@H](C(=O)O)N(C(C)=O)C3)c1. The highest BCUT2D eigenvalue weighted by molar-refractivity contribution is 5.83. The van der Waals surface area contributed by atoms with Gasteiger partial charge in [0.05, 0.1) is 13.5 Å². The van der Waals surface area contributed by atoms with Crippen molar-refractivity contribution in [2.75, 3.05) is 26.7 Å². The van der Waals surface area contributed by atoms with Crippen molar-refractivity contribution in [2.24, 2.45) is 5.41 Å². The van der Waals surface area contributed by atoms with Crippen molar-refractivity contribution < 1.29 is 24.2 Å². The van der Waals surface area contributed by atoms with Crippen LogP contribution in [0.25, 0.3) is 0 Å². The predicted octanol–water partition coefficient (Wildman–Crippen LogP) is 1.55. The first-order chi connectivity index (χ1) is 12.8. The Morgan fingerprint density at radius 3 is 2.52 bits per heavy atom. The van der Waals surface area contributed by atoms with Crippen LogP contribution in [-0.2, 0) is 20.8 Å². The molecule has 1 aromatic rings. The molecule has 2 saturated heterocycles. The Balaban J connectivity index is 1.60. The fourth-order valence-electron chi connectivity index (χ4n) is 4.27. The number of aliphatic carboxylic acids is 1. The van der Waals surface area contributed by atoms with Gasteiger partial charge in [0.15, 0.2) is 0 Å². The summed E-state index contributed by atoms with van der Waals surface area (Å²) in [6, 6.07) is 6.74. The second kappa shape index (κ2) is 7.58. The van der Waals surface area contributed by atoms with Crippen LogP contribution < -0.4 is 4.74 Å². The minimum Gasteiger partial charge on any atom is -0.497 e. The van der Waals surface area contributed by atoms with E-state index < -0.39 is 12.0 Å². The van der Waals surface area contributed by atoms with E-state index in [4.69, 9.17) is 4.74 Å². The molecule has 0 radical (unpaired) electrons. The summed E-state index contributed by atoms with van der Waals surface area (Å²) in [7, 11) is 1.60. The molecule has 1 aromatic carbocycles. The highest BCUT2D eigenvalue weighted by Gasteiger charge is 2.49. The van der Waals surface area contributed by atoms with E-state index >= 15 is 0 Å². The van der Waals surface area contributed by atoms with Gasteiger partial charge in [-0.3, -0.25) is 9.59 Å². The van der Waals surface area contributed by atoms with Crippen LogP contribution in [0.5, 0.6) is 5.75 Å². The number of likely N-dealkylation sites (tertiary alicyclic amines) is 2. The Labute approximate surface area is 158 Å². The smallest absolute Gasteiger partial charge is 0.326 e.